The SMILES string of the molecule is COC(=O)CCCCN1C(=O)[C@@]2(O[C@@H](CC(=O)N3CCC[C@H]3CO)[C@H]([Si](C)(C)F)[C@H]2C)c2cc(N3CCOC3=O)ccc21. The molecule has 0 saturated carbocycles. The molecule has 236 valence electrons. The summed E-state index contributed by atoms with van der Waals surface area (Å²) in [4.78, 5) is 56.9. The number of esters is 1. The van der Waals surface area contributed by atoms with E-state index < -0.39 is 37.7 Å². The van der Waals surface area contributed by atoms with Gasteiger partial charge in [0.1, 0.15) is 6.61 Å². The van der Waals surface area contributed by atoms with Crippen molar-refractivity contribution in [3.63, 3.8) is 0 Å². The highest BCUT2D eigenvalue weighted by atomic mass is 28.4. The van der Waals surface area contributed by atoms with Crippen molar-refractivity contribution < 1.29 is 42.6 Å². The third-order valence-corrected chi connectivity index (χ3v) is 12.0. The number of rotatable bonds is 10. The molecule has 4 aliphatic rings. The molecule has 3 saturated heterocycles. The van der Waals surface area contributed by atoms with Gasteiger partial charge in [0.15, 0.2) is 5.60 Å². The van der Waals surface area contributed by atoms with Gasteiger partial charge in [-0.1, -0.05) is 6.92 Å². The molecule has 1 aromatic rings. The second kappa shape index (κ2) is 12.2. The Morgan fingerprint density at radius 1 is 1.21 bits per heavy atom. The van der Waals surface area contributed by atoms with E-state index in [1.807, 2.05) is 6.92 Å². The highest BCUT2D eigenvalue weighted by Gasteiger charge is 2.67. The molecule has 11 nitrogen and oxygen atoms in total. The minimum absolute atomic E-state index is 0.0898. The number of carbonyl (C=O) groups excluding carboxylic acids is 4. The van der Waals surface area contributed by atoms with Crippen LogP contribution in [0.2, 0.25) is 18.6 Å². The Kier molecular flexibility index (Phi) is 8.88. The highest BCUT2D eigenvalue weighted by molar-refractivity contribution is 6.72. The number of aliphatic hydroxyl groups excluding tert-OH is 1. The van der Waals surface area contributed by atoms with Crippen LogP contribution in [-0.4, -0.2) is 94.4 Å². The highest BCUT2D eigenvalue weighted by Crippen LogP contribution is 2.60. The third-order valence-electron chi connectivity index (χ3n) is 9.54. The van der Waals surface area contributed by atoms with E-state index in [2.05, 4.69) is 0 Å². The molecule has 1 spiro atoms. The molecule has 0 unspecified atom stereocenters. The monoisotopic (exact) mass is 619 g/mol. The molecule has 0 aromatic heterocycles. The van der Waals surface area contributed by atoms with Gasteiger partial charge in [0.05, 0.1) is 44.5 Å². The molecule has 1 aromatic carbocycles. The van der Waals surface area contributed by atoms with Crippen LogP contribution in [0.5, 0.6) is 0 Å². The van der Waals surface area contributed by atoms with Gasteiger partial charge in [-0.15, -0.1) is 0 Å². The number of unbranched alkanes of at least 4 members (excludes halogenated alkanes) is 1. The van der Waals surface area contributed by atoms with Crippen molar-refractivity contribution in [1.29, 1.82) is 0 Å². The number of benzene rings is 1. The first kappa shape index (κ1) is 31.4. The zero-order chi connectivity index (χ0) is 31.1. The summed E-state index contributed by atoms with van der Waals surface area (Å²) in [5, 5.41) is 9.79. The molecule has 0 radical (unpaired) electrons. The summed E-state index contributed by atoms with van der Waals surface area (Å²) >= 11 is 0. The normalized spacial score (nSPS) is 28.7. The fourth-order valence-corrected chi connectivity index (χ4v) is 10.0. The minimum Gasteiger partial charge on any atom is -0.469 e. The maximum absolute atomic E-state index is 16.2. The first-order chi connectivity index (χ1) is 20.4. The Morgan fingerprint density at radius 2 is 1.98 bits per heavy atom. The average Bonchev–Trinajstić information content (AvgIpc) is 3.73. The summed E-state index contributed by atoms with van der Waals surface area (Å²) in [6, 6.07) is 5.03. The van der Waals surface area contributed by atoms with E-state index in [0.29, 0.717) is 55.8 Å². The summed E-state index contributed by atoms with van der Waals surface area (Å²) < 4.78 is 32.8. The summed E-state index contributed by atoms with van der Waals surface area (Å²) in [6.07, 6.45) is 1.34. The lowest BCUT2D eigenvalue weighted by atomic mass is 9.82. The maximum atomic E-state index is 16.2. The summed E-state index contributed by atoms with van der Waals surface area (Å²) in [5.74, 6) is -1.47. The number of methoxy groups -OCH3 is 1. The Hall–Kier alpha value is -3.03. The molecule has 5 rings (SSSR count). The van der Waals surface area contributed by atoms with Gasteiger partial charge in [-0.05, 0) is 57.0 Å². The van der Waals surface area contributed by atoms with Crippen LogP contribution < -0.4 is 9.80 Å². The third kappa shape index (κ3) is 5.55. The number of nitrogens with zero attached hydrogens (tertiary/aromatic N) is 3. The fraction of sp³-hybridized carbons (Fsp3) is 0.667. The van der Waals surface area contributed by atoms with E-state index in [9.17, 15) is 24.3 Å². The summed E-state index contributed by atoms with van der Waals surface area (Å²) in [6.45, 7) is 6.30. The first-order valence-electron chi connectivity index (χ1n) is 15.2. The molecule has 4 heterocycles. The van der Waals surface area contributed by atoms with Crippen molar-refractivity contribution in [1.82, 2.24) is 4.90 Å². The first-order valence-corrected chi connectivity index (χ1v) is 18.1. The number of amides is 3. The van der Waals surface area contributed by atoms with Crippen molar-refractivity contribution in [3.05, 3.63) is 23.8 Å². The zero-order valence-electron chi connectivity index (χ0n) is 25.3. The van der Waals surface area contributed by atoms with Crippen LogP contribution in [0.25, 0.3) is 0 Å². The van der Waals surface area contributed by atoms with Gasteiger partial charge in [0.25, 0.3) is 5.91 Å². The number of carbonyl (C=O) groups is 4. The van der Waals surface area contributed by atoms with Crippen LogP contribution >= 0.6 is 0 Å². The number of hydrogen-bond acceptors (Lipinski definition) is 8. The van der Waals surface area contributed by atoms with Crippen molar-refractivity contribution in [2.24, 2.45) is 5.92 Å². The molecule has 13 heteroatoms. The van der Waals surface area contributed by atoms with Crippen molar-refractivity contribution in [2.75, 3.05) is 49.8 Å². The van der Waals surface area contributed by atoms with Crippen molar-refractivity contribution in [3.8, 4) is 0 Å². The van der Waals surface area contributed by atoms with Crippen LogP contribution in [-0.2, 0) is 34.2 Å². The smallest absolute Gasteiger partial charge is 0.414 e. The van der Waals surface area contributed by atoms with Gasteiger partial charge in [-0.2, -0.15) is 0 Å². The molecule has 3 amide bonds. The molecule has 0 bridgehead atoms. The molecule has 3 fully saturated rings. The second-order valence-electron chi connectivity index (χ2n) is 12.5. The Labute approximate surface area is 252 Å². The standard InChI is InChI=1S/C30H42FN3O8Si/c1-19-27(43(3,4)31)24(17-25(36)32-13-7-8-21(32)18-35)42-30(19)22-16-20(33-14-15-41-29(33)39)10-11-23(22)34(28(30)38)12-6-5-9-26(37)40-2/h10-11,16,19,21,24,27,35H,5-9,12-15,17-18H2,1-4H3/t19-,21+,24+,27-,30+/m1/s1. The largest absolute Gasteiger partial charge is 0.469 e. The number of anilines is 2. The van der Waals surface area contributed by atoms with Gasteiger partial charge in [0, 0.05) is 42.2 Å². The second-order valence-corrected chi connectivity index (χ2v) is 16.3. The predicted molar refractivity (Wildman–Crippen MR) is 158 cm³/mol. The van der Waals surface area contributed by atoms with E-state index in [1.165, 1.54) is 12.0 Å². The molecular weight excluding hydrogens is 577 g/mol. The molecule has 5 atom stereocenters. The minimum atomic E-state index is -3.50. The lowest BCUT2D eigenvalue weighted by Crippen LogP contribution is -2.45. The lowest BCUT2D eigenvalue weighted by Gasteiger charge is -2.31. The van der Waals surface area contributed by atoms with E-state index >= 15 is 4.11 Å². The number of aliphatic hydroxyl groups is 1. The molecule has 0 aliphatic carbocycles. The summed E-state index contributed by atoms with van der Waals surface area (Å²) in [5.41, 5.74) is -0.515. The van der Waals surface area contributed by atoms with Gasteiger partial charge in [-0.25, -0.2) is 4.79 Å². The van der Waals surface area contributed by atoms with E-state index in [0.717, 1.165) is 6.42 Å². The average molecular weight is 620 g/mol. The van der Waals surface area contributed by atoms with Crippen LogP contribution in [0.3, 0.4) is 0 Å². The maximum Gasteiger partial charge on any atom is 0.414 e. The number of hydrogen-bond donors (Lipinski definition) is 1. The van der Waals surface area contributed by atoms with Gasteiger partial charge in [-0.3, -0.25) is 19.3 Å². The number of likely N-dealkylation sites (tertiary alicyclic amines) is 1. The van der Waals surface area contributed by atoms with Gasteiger partial charge >= 0.3 is 12.1 Å². The fourth-order valence-electron chi connectivity index (χ4n) is 7.54. The van der Waals surface area contributed by atoms with E-state index in [-0.39, 0.29) is 49.9 Å². The quantitative estimate of drug-likeness (QED) is 0.183. The van der Waals surface area contributed by atoms with Gasteiger partial charge in [0.2, 0.25) is 14.3 Å². The number of cyclic esters (lactones) is 1. The molecule has 1 N–H and O–H groups in total. The van der Waals surface area contributed by atoms with Gasteiger partial charge < -0.3 is 33.2 Å². The zero-order valence-corrected chi connectivity index (χ0v) is 26.3. The predicted octanol–water partition coefficient (Wildman–Crippen LogP) is 3.48. The van der Waals surface area contributed by atoms with E-state index in [4.69, 9.17) is 14.2 Å². The Balaban J connectivity index is 1.52. The van der Waals surface area contributed by atoms with E-state index in [1.54, 1.807) is 41.1 Å². The van der Waals surface area contributed by atoms with Crippen molar-refractivity contribution in [2.45, 2.75) is 81.8 Å². The lowest BCUT2D eigenvalue weighted by molar-refractivity contribution is -0.150. The summed E-state index contributed by atoms with van der Waals surface area (Å²) in [7, 11) is -2.17. The van der Waals surface area contributed by atoms with Crippen LogP contribution in [0, 0.1) is 5.92 Å². The molecule has 4 aliphatic heterocycles. The number of halogens is 1. The van der Waals surface area contributed by atoms with Crippen LogP contribution in [0.15, 0.2) is 18.2 Å². The van der Waals surface area contributed by atoms with Crippen LogP contribution in [0.4, 0.5) is 20.3 Å². The topological polar surface area (TPSA) is 126 Å². The molecule has 43 heavy (non-hydrogen) atoms. The number of ether oxygens (including phenoxy) is 3. The van der Waals surface area contributed by atoms with Crippen molar-refractivity contribution >= 4 is 43.7 Å². The number of fused-ring (bicyclic) bond motifs is 2. The van der Waals surface area contributed by atoms with Crippen LogP contribution in [0.1, 0.15) is 51.0 Å². The molecular formula is C30H42FN3O8Si. The Morgan fingerprint density at radius 3 is 2.63 bits per heavy atom. The Bertz CT molecular complexity index is 1270.